The number of carbonyl (C=O) groups excluding carboxylic acids is 2. The van der Waals surface area contributed by atoms with Crippen LogP contribution < -0.4 is 10.6 Å². The molecule has 0 aliphatic heterocycles. The van der Waals surface area contributed by atoms with E-state index in [4.69, 9.17) is 0 Å². The number of hydrogen-bond donors (Lipinski definition) is 2. The third-order valence-corrected chi connectivity index (χ3v) is 4.72. The fourth-order valence-electron chi connectivity index (χ4n) is 3.39. The first kappa shape index (κ1) is 16.5. The summed E-state index contributed by atoms with van der Waals surface area (Å²) in [5.41, 5.74) is 0.673. The normalized spacial score (nSPS) is 15.2. The van der Waals surface area contributed by atoms with Gasteiger partial charge in [0.25, 0.3) is 5.91 Å². The molecule has 24 heavy (non-hydrogen) atoms. The van der Waals surface area contributed by atoms with Gasteiger partial charge in [-0.25, -0.2) is 0 Å². The maximum Gasteiger partial charge on any atom is 0.251 e. The SMILES string of the molecule is O=C(NCCNC(=O)C1CCCCC1)c1cccc2ccccc12. The number of carbonyl (C=O) groups is 2. The molecule has 3 rings (SSSR count). The van der Waals surface area contributed by atoms with Gasteiger partial charge in [-0.15, -0.1) is 0 Å². The Morgan fingerprint density at radius 2 is 1.58 bits per heavy atom. The first-order chi connectivity index (χ1) is 11.8. The van der Waals surface area contributed by atoms with Gasteiger partial charge in [-0.1, -0.05) is 55.7 Å². The van der Waals surface area contributed by atoms with Gasteiger partial charge in [-0.05, 0) is 29.7 Å². The average Bonchev–Trinajstić information content (AvgIpc) is 2.65. The molecule has 0 heterocycles. The van der Waals surface area contributed by atoms with Crippen LogP contribution in [0, 0.1) is 5.92 Å². The molecule has 126 valence electrons. The first-order valence-electron chi connectivity index (χ1n) is 8.79. The Morgan fingerprint density at radius 3 is 2.42 bits per heavy atom. The van der Waals surface area contributed by atoms with Gasteiger partial charge < -0.3 is 10.6 Å². The summed E-state index contributed by atoms with van der Waals surface area (Å²) in [7, 11) is 0. The molecule has 2 amide bonds. The summed E-state index contributed by atoms with van der Waals surface area (Å²) in [6, 6.07) is 13.6. The molecule has 4 nitrogen and oxygen atoms in total. The summed E-state index contributed by atoms with van der Waals surface area (Å²) in [4.78, 5) is 24.4. The van der Waals surface area contributed by atoms with Crippen LogP contribution >= 0.6 is 0 Å². The molecule has 0 aromatic heterocycles. The fourth-order valence-corrected chi connectivity index (χ4v) is 3.39. The molecule has 2 aromatic rings. The van der Waals surface area contributed by atoms with Gasteiger partial charge in [0.1, 0.15) is 0 Å². The Morgan fingerprint density at radius 1 is 0.875 bits per heavy atom. The lowest BCUT2D eigenvalue weighted by atomic mass is 9.89. The molecule has 1 aliphatic rings. The monoisotopic (exact) mass is 324 g/mol. The van der Waals surface area contributed by atoms with E-state index in [2.05, 4.69) is 10.6 Å². The maximum atomic E-state index is 12.4. The van der Waals surface area contributed by atoms with Crippen molar-refractivity contribution >= 4 is 22.6 Å². The highest BCUT2D eigenvalue weighted by Crippen LogP contribution is 2.23. The van der Waals surface area contributed by atoms with Gasteiger partial charge in [-0.2, -0.15) is 0 Å². The second kappa shape index (κ2) is 7.95. The van der Waals surface area contributed by atoms with Crippen LogP contribution in [0.4, 0.5) is 0 Å². The van der Waals surface area contributed by atoms with E-state index in [-0.39, 0.29) is 17.7 Å². The lowest BCUT2D eigenvalue weighted by Crippen LogP contribution is -2.38. The van der Waals surface area contributed by atoms with Crippen LogP contribution in [0.5, 0.6) is 0 Å². The molecule has 0 unspecified atom stereocenters. The van der Waals surface area contributed by atoms with Crippen molar-refractivity contribution in [1.29, 1.82) is 0 Å². The molecule has 0 atom stereocenters. The zero-order valence-corrected chi connectivity index (χ0v) is 13.9. The largest absolute Gasteiger partial charge is 0.354 e. The zero-order valence-electron chi connectivity index (χ0n) is 13.9. The van der Waals surface area contributed by atoms with Crippen molar-refractivity contribution in [3.63, 3.8) is 0 Å². The molecule has 2 aromatic carbocycles. The lowest BCUT2D eigenvalue weighted by molar-refractivity contribution is -0.125. The Kier molecular flexibility index (Phi) is 5.47. The van der Waals surface area contributed by atoms with Crippen molar-refractivity contribution in [2.45, 2.75) is 32.1 Å². The summed E-state index contributed by atoms with van der Waals surface area (Å²) >= 11 is 0. The average molecular weight is 324 g/mol. The Bertz CT molecular complexity index is 715. The molecule has 0 spiro atoms. The predicted octanol–water partition coefficient (Wildman–Crippen LogP) is 3.27. The van der Waals surface area contributed by atoms with Gasteiger partial charge in [0.15, 0.2) is 0 Å². The second-order valence-electron chi connectivity index (χ2n) is 6.41. The van der Waals surface area contributed by atoms with Crippen molar-refractivity contribution < 1.29 is 9.59 Å². The highest BCUT2D eigenvalue weighted by atomic mass is 16.2. The van der Waals surface area contributed by atoms with Gasteiger partial charge in [0.2, 0.25) is 5.91 Å². The highest BCUT2D eigenvalue weighted by Gasteiger charge is 2.20. The molecule has 2 N–H and O–H groups in total. The summed E-state index contributed by atoms with van der Waals surface area (Å²) in [6.07, 6.45) is 5.53. The van der Waals surface area contributed by atoms with E-state index >= 15 is 0 Å². The van der Waals surface area contributed by atoms with Gasteiger partial charge >= 0.3 is 0 Å². The van der Waals surface area contributed by atoms with Crippen LogP contribution in [0.1, 0.15) is 42.5 Å². The van der Waals surface area contributed by atoms with Crippen molar-refractivity contribution in [2.75, 3.05) is 13.1 Å². The second-order valence-corrected chi connectivity index (χ2v) is 6.41. The number of fused-ring (bicyclic) bond motifs is 1. The van der Waals surface area contributed by atoms with Gasteiger partial charge in [-0.3, -0.25) is 9.59 Å². The van der Waals surface area contributed by atoms with Crippen molar-refractivity contribution in [3.05, 3.63) is 48.0 Å². The highest BCUT2D eigenvalue weighted by molar-refractivity contribution is 6.07. The topological polar surface area (TPSA) is 58.2 Å². The van der Waals surface area contributed by atoms with Crippen LogP contribution in [0.3, 0.4) is 0 Å². The minimum atomic E-state index is -0.0984. The van der Waals surface area contributed by atoms with Crippen molar-refractivity contribution in [1.82, 2.24) is 10.6 Å². The van der Waals surface area contributed by atoms with E-state index in [0.717, 1.165) is 36.5 Å². The Balaban J connectivity index is 1.49. The summed E-state index contributed by atoms with van der Waals surface area (Å²) in [5, 5.41) is 7.84. The lowest BCUT2D eigenvalue weighted by Gasteiger charge is -2.20. The number of amides is 2. The zero-order chi connectivity index (χ0) is 16.8. The summed E-state index contributed by atoms with van der Waals surface area (Å²) < 4.78 is 0. The van der Waals surface area contributed by atoms with Crippen LogP contribution in [0.2, 0.25) is 0 Å². The smallest absolute Gasteiger partial charge is 0.251 e. The molecule has 1 saturated carbocycles. The van der Waals surface area contributed by atoms with Crippen LogP contribution in [-0.4, -0.2) is 24.9 Å². The van der Waals surface area contributed by atoms with Crippen molar-refractivity contribution in [3.8, 4) is 0 Å². The molecule has 0 radical (unpaired) electrons. The van der Waals surface area contributed by atoms with Crippen molar-refractivity contribution in [2.24, 2.45) is 5.92 Å². The van der Waals surface area contributed by atoms with E-state index in [1.165, 1.54) is 6.42 Å². The Labute approximate surface area is 142 Å². The third-order valence-electron chi connectivity index (χ3n) is 4.72. The summed E-state index contributed by atoms with van der Waals surface area (Å²) in [6.45, 7) is 0.923. The number of hydrogen-bond acceptors (Lipinski definition) is 2. The quantitative estimate of drug-likeness (QED) is 0.829. The van der Waals surface area contributed by atoms with E-state index in [0.29, 0.717) is 18.7 Å². The molecule has 1 aliphatic carbocycles. The first-order valence-corrected chi connectivity index (χ1v) is 8.79. The minimum Gasteiger partial charge on any atom is -0.354 e. The standard InChI is InChI=1S/C20H24N2O2/c23-19(16-8-2-1-3-9-16)21-13-14-22-20(24)18-12-6-10-15-7-4-5-11-17(15)18/h4-7,10-12,16H,1-3,8-9,13-14H2,(H,21,23)(H,22,24). The number of rotatable bonds is 5. The maximum absolute atomic E-state index is 12.4. The Hall–Kier alpha value is -2.36. The molecule has 0 saturated heterocycles. The molecular formula is C20H24N2O2. The number of benzene rings is 2. The minimum absolute atomic E-state index is 0.0984. The summed E-state index contributed by atoms with van der Waals surface area (Å²) in [5.74, 6) is 0.195. The number of nitrogens with one attached hydrogen (secondary N) is 2. The van der Waals surface area contributed by atoms with E-state index in [9.17, 15) is 9.59 Å². The van der Waals surface area contributed by atoms with E-state index < -0.39 is 0 Å². The van der Waals surface area contributed by atoms with Gasteiger partial charge in [0, 0.05) is 24.6 Å². The molecule has 4 heteroatoms. The molecular weight excluding hydrogens is 300 g/mol. The fraction of sp³-hybridized carbons (Fsp3) is 0.400. The van der Waals surface area contributed by atoms with Gasteiger partial charge in [0.05, 0.1) is 0 Å². The van der Waals surface area contributed by atoms with Crippen LogP contribution in [0.15, 0.2) is 42.5 Å². The van der Waals surface area contributed by atoms with E-state index in [1.54, 1.807) is 0 Å². The molecule has 1 fully saturated rings. The molecule has 0 bridgehead atoms. The van der Waals surface area contributed by atoms with Crippen LogP contribution in [-0.2, 0) is 4.79 Å². The third kappa shape index (κ3) is 3.94. The van der Waals surface area contributed by atoms with E-state index in [1.807, 2.05) is 42.5 Å². The predicted molar refractivity (Wildman–Crippen MR) is 95.9 cm³/mol. The van der Waals surface area contributed by atoms with Crippen LogP contribution in [0.25, 0.3) is 10.8 Å².